The number of carbonyl (C=O) groups excluding carboxylic acids is 1. The molecule has 144 valence electrons. The molecular weight excluding hydrogens is 364 g/mol. The summed E-state index contributed by atoms with van der Waals surface area (Å²) in [5.74, 6) is 1.58. The summed E-state index contributed by atoms with van der Waals surface area (Å²) in [5, 5.41) is 3.66. The second-order valence-corrected chi connectivity index (χ2v) is 7.38. The number of hydrogen-bond donors (Lipinski definition) is 1. The summed E-state index contributed by atoms with van der Waals surface area (Å²) < 4.78 is 5.71. The van der Waals surface area contributed by atoms with E-state index in [1.54, 1.807) is 12.4 Å². The molecule has 0 radical (unpaired) electrons. The molecule has 2 aromatic rings. The number of amides is 1. The van der Waals surface area contributed by atoms with Crippen LogP contribution in [0, 0.1) is 5.92 Å². The average Bonchev–Trinajstić information content (AvgIpc) is 2.67. The molecule has 27 heavy (non-hydrogen) atoms. The van der Waals surface area contributed by atoms with Crippen molar-refractivity contribution >= 4 is 23.3 Å². The van der Waals surface area contributed by atoms with Crippen molar-refractivity contribution in [2.45, 2.75) is 39.3 Å². The van der Waals surface area contributed by atoms with Crippen molar-refractivity contribution in [2.24, 2.45) is 5.92 Å². The van der Waals surface area contributed by atoms with Gasteiger partial charge in [0.25, 0.3) is 0 Å². The quantitative estimate of drug-likeness (QED) is 0.820. The normalized spacial score (nSPS) is 15.0. The molecule has 3 rings (SSSR count). The molecule has 0 aliphatic carbocycles. The van der Waals surface area contributed by atoms with Gasteiger partial charge in [0.05, 0.1) is 11.1 Å². The second kappa shape index (κ2) is 9.04. The summed E-state index contributed by atoms with van der Waals surface area (Å²) in [7, 11) is 0. The van der Waals surface area contributed by atoms with Gasteiger partial charge in [0, 0.05) is 43.5 Å². The Kier molecular flexibility index (Phi) is 6.50. The zero-order chi connectivity index (χ0) is 19.2. The summed E-state index contributed by atoms with van der Waals surface area (Å²) in [4.78, 5) is 23.4. The summed E-state index contributed by atoms with van der Waals surface area (Å²) in [6.07, 6.45) is 5.00. The first-order valence-electron chi connectivity index (χ1n) is 9.27. The number of anilines is 1. The zero-order valence-corrected chi connectivity index (χ0v) is 16.4. The van der Waals surface area contributed by atoms with Crippen LogP contribution in [-0.4, -0.2) is 35.1 Å². The van der Waals surface area contributed by atoms with Gasteiger partial charge in [0.15, 0.2) is 0 Å². The molecule has 2 aromatic heterocycles. The number of pyridine rings is 2. The Labute approximate surface area is 164 Å². The molecule has 1 aliphatic heterocycles. The topological polar surface area (TPSA) is 67.3 Å². The second-order valence-electron chi connectivity index (χ2n) is 6.95. The summed E-state index contributed by atoms with van der Waals surface area (Å²) in [5.41, 5.74) is 0.891. The molecule has 7 heteroatoms. The maximum atomic E-state index is 12.6. The standard InChI is InChI=1S/C20H25ClN4O2/c1-14(2)27-20-16(4-3-9-22-20)12-24-19(26)15-7-10-25(11-8-15)18-6-5-17(21)13-23-18/h3-6,9,13-15H,7-8,10-12H2,1-2H3,(H,24,26). The molecule has 0 atom stereocenters. The third-order valence-corrected chi connectivity index (χ3v) is 4.78. The van der Waals surface area contributed by atoms with Gasteiger partial charge in [0.2, 0.25) is 11.8 Å². The van der Waals surface area contributed by atoms with E-state index in [0.29, 0.717) is 17.4 Å². The highest BCUT2D eigenvalue weighted by Crippen LogP contribution is 2.23. The maximum absolute atomic E-state index is 12.6. The highest BCUT2D eigenvalue weighted by molar-refractivity contribution is 6.30. The van der Waals surface area contributed by atoms with E-state index < -0.39 is 0 Å². The minimum absolute atomic E-state index is 0.0136. The van der Waals surface area contributed by atoms with Crippen LogP contribution in [0.5, 0.6) is 5.88 Å². The average molecular weight is 389 g/mol. The Morgan fingerprint density at radius 3 is 2.74 bits per heavy atom. The number of aromatic nitrogens is 2. The van der Waals surface area contributed by atoms with Crippen LogP contribution in [0.1, 0.15) is 32.3 Å². The van der Waals surface area contributed by atoms with E-state index in [2.05, 4.69) is 20.2 Å². The molecule has 6 nitrogen and oxygen atoms in total. The molecule has 0 bridgehead atoms. The number of rotatable bonds is 6. The Morgan fingerprint density at radius 1 is 1.30 bits per heavy atom. The summed E-state index contributed by atoms with van der Waals surface area (Å²) in [6.45, 7) is 5.96. The van der Waals surface area contributed by atoms with Crippen molar-refractivity contribution in [1.82, 2.24) is 15.3 Å². The van der Waals surface area contributed by atoms with E-state index in [1.165, 1.54) is 0 Å². The van der Waals surface area contributed by atoms with Gasteiger partial charge in [-0.2, -0.15) is 0 Å². The van der Waals surface area contributed by atoms with Crippen LogP contribution in [0.4, 0.5) is 5.82 Å². The van der Waals surface area contributed by atoms with Crippen LogP contribution >= 0.6 is 11.6 Å². The van der Waals surface area contributed by atoms with Gasteiger partial charge < -0.3 is 15.0 Å². The third-order valence-electron chi connectivity index (χ3n) is 4.55. The zero-order valence-electron chi connectivity index (χ0n) is 15.7. The molecule has 1 amide bonds. The van der Waals surface area contributed by atoms with Crippen molar-refractivity contribution in [3.8, 4) is 5.88 Å². The fraction of sp³-hybridized carbons (Fsp3) is 0.450. The predicted octanol–water partition coefficient (Wildman–Crippen LogP) is 3.45. The minimum Gasteiger partial charge on any atom is -0.475 e. The number of carbonyl (C=O) groups is 1. The van der Waals surface area contributed by atoms with Gasteiger partial charge in [-0.05, 0) is 44.9 Å². The lowest BCUT2D eigenvalue weighted by molar-refractivity contribution is -0.125. The molecule has 1 N–H and O–H groups in total. The van der Waals surface area contributed by atoms with E-state index in [9.17, 15) is 4.79 Å². The third kappa shape index (κ3) is 5.32. The number of hydrogen-bond acceptors (Lipinski definition) is 5. The molecule has 0 unspecified atom stereocenters. The highest BCUT2D eigenvalue weighted by Gasteiger charge is 2.25. The predicted molar refractivity (Wildman–Crippen MR) is 106 cm³/mol. The first-order valence-corrected chi connectivity index (χ1v) is 9.65. The monoisotopic (exact) mass is 388 g/mol. The van der Waals surface area contributed by atoms with Crippen LogP contribution in [-0.2, 0) is 11.3 Å². The summed E-state index contributed by atoms with van der Waals surface area (Å²) >= 11 is 5.89. The Hall–Kier alpha value is -2.34. The SMILES string of the molecule is CC(C)Oc1ncccc1CNC(=O)C1CCN(c2ccc(Cl)cn2)CC1. The fourth-order valence-electron chi connectivity index (χ4n) is 3.14. The Bertz CT molecular complexity index is 759. The fourth-order valence-corrected chi connectivity index (χ4v) is 3.25. The number of halogens is 1. The maximum Gasteiger partial charge on any atom is 0.223 e. The van der Waals surface area contributed by atoms with Gasteiger partial charge in [-0.1, -0.05) is 17.7 Å². The number of nitrogens with one attached hydrogen (secondary N) is 1. The van der Waals surface area contributed by atoms with Crippen LogP contribution in [0.3, 0.4) is 0 Å². The van der Waals surface area contributed by atoms with Gasteiger partial charge in [-0.25, -0.2) is 9.97 Å². The molecular formula is C20H25ClN4O2. The van der Waals surface area contributed by atoms with Crippen molar-refractivity contribution in [1.29, 1.82) is 0 Å². The Balaban J connectivity index is 1.51. The number of ether oxygens (including phenoxy) is 1. The largest absolute Gasteiger partial charge is 0.475 e. The van der Waals surface area contributed by atoms with Crippen molar-refractivity contribution in [2.75, 3.05) is 18.0 Å². The van der Waals surface area contributed by atoms with Crippen LogP contribution in [0.15, 0.2) is 36.7 Å². The number of piperidine rings is 1. The lowest BCUT2D eigenvalue weighted by Crippen LogP contribution is -2.40. The van der Waals surface area contributed by atoms with E-state index in [4.69, 9.17) is 16.3 Å². The molecule has 0 saturated carbocycles. The number of nitrogens with zero attached hydrogens (tertiary/aromatic N) is 3. The minimum atomic E-state index is 0.0136. The van der Waals surface area contributed by atoms with Gasteiger partial charge in [-0.3, -0.25) is 4.79 Å². The Morgan fingerprint density at radius 2 is 2.07 bits per heavy atom. The van der Waals surface area contributed by atoms with Crippen LogP contribution < -0.4 is 15.0 Å². The van der Waals surface area contributed by atoms with Gasteiger partial charge in [-0.15, -0.1) is 0 Å². The molecule has 1 saturated heterocycles. The smallest absolute Gasteiger partial charge is 0.223 e. The van der Waals surface area contributed by atoms with E-state index in [-0.39, 0.29) is 17.9 Å². The van der Waals surface area contributed by atoms with Crippen LogP contribution in [0.2, 0.25) is 5.02 Å². The van der Waals surface area contributed by atoms with Crippen molar-refractivity contribution in [3.05, 3.63) is 47.2 Å². The van der Waals surface area contributed by atoms with Gasteiger partial charge >= 0.3 is 0 Å². The highest BCUT2D eigenvalue weighted by atomic mass is 35.5. The molecule has 1 aliphatic rings. The van der Waals surface area contributed by atoms with Crippen LogP contribution in [0.25, 0.3) is 0 Å². The molecule has 0 aromatic carbocycles. The molecule has 1 fully saturated rings. The van der Waals surface area contributed by atoms with Crippen molar-refractivity contribution < 1.29 is 9.53 Å². The first-order chi connectivity index (χ1) is 13.0. The lowest BCUT2D eigenvalue weighted by atomic mass is 9.96. The van der Waals surface area contributed by atoms with E-state index in [1.807, 2.05) is 38.1 Å². The summed E-state index contributed by atoms with van der Waals surface area (Å²) in [6, 6.07) is 7.54. The van der Waals surface area contributed by atoms with E-state index in [0.717, 1.165) is 37.3 Å². The van der Waals surface area contributed by atoms with Crippen molar-refractivity contribution in [3.63, 3.8) is 0 Å². The molecule has 0 spiro atoms. The van der Waals surface area contributed by atoms with Gasteiger partial charge in [0.1, 0.15) is 5.82 Å². The van der Waals surface area contributed by atoms with E-state index >= 15 is 0 Å². The molecule has 3 heterocycles. The lowest BCUT2D eigenvalue weighted by Gasteiger charge is -2.32. The first kappa shape index (κ1) is 19.4.